The van der Waals surface area contributed by atoms with Crippen LogP contribution in [0.4, 0.5) is 11.4 Å². The Kier molecular flexibility index (Phi) is 15.4. The second kappa shape index (κ2) is 21.6. The summed E-state index contributed by atoms with van der Waals surface area (Å²) in [4.78, 5) is 5.01. The van der Waals surface area contributed by atoms with Crippen LogP contribution in [0.25, 0.3) is 0 Å². The fraction of sp³-hybridized carbons (Fsp3) is 0.308. The molecule has 278 valence electrons. The van der Waals surface area contributed by atoms with Gasteiger partial charge in [0, 0.05) is 43.5 Å². The van der Waals surface area contributed by atoms with Crippen LogP contribution in [0, 0.1) is 0 Å². The van der Waals surface area contributed by atoms with Gasteiger partial charge in [0.05, 0.1) is 0 Å². The van der Waals surface area contributed by atoms with Crippen LogP contribution in [0.3, 0.4) is 0 Å². The fourth-order valence-electron chi connectivity index (χ4n) is 7.71. The molecule has 6 aromatic carbocycles. The third-order valence-electron chi connectivity index (χ3n) is 10.8. The van der Waals surface area contributed by atoms with E-state index in [1.807, 2.05) is 0 Å². The zero-order chi connectivity index (χ0) is 37.0. The Bertz CT molecular complexity index is 1640. The average molecular weight is 713 g/mol. The van der Waals surface area contributed by atoms with E-state index in [9.17, 15) is 0 Å². The highest BCUT2D eigenvalue weighted by Gasteiger charge is 2.17. The first-order valence-corrected chi connectivity index (χ1v) is 20.6. The van der Waals surface area contributed by atoms with E-state index in [0.717, 1.165) is 26.2 Å². The third-order valence-corrected chi connectivity index (χ3v) is 10.8. The largest absolute Gasteiger partial charge is 0.363 e. The fourth-order valence-corrected chi connectivity index (χ4v) is 7.71. The summed E-state index contributed by atoms with van der Waals surface area (Å²) >= 11 is 0. The second-order valence-corrected chi connectivity index (χ2v) is 15.0. The molecular formula is C52H60N2. The highest BCUT2D eigenvalue weighted by Crippen LogP contribution is 2.34. The lowest BCUT2D eigenvalue weighted by Crippen LogP contribution is -2.22. The van der Waals surface area contributed by atoms with E-state index in [4.69, 9.17) is 0 Å². The number of hydrogen-bond donors (Lipinski definition) is 0. The molecule has 0 unspecified atom stereocenters. The summed E-state index contributed by atoms with van der Waals surface area (Å²) < 4.78 is 0. The molecule has 0 spiro atoms. The number of hydrogen-bond acceptors (Lipinski definition) is 2. The van der Waals surface area contributed by atoms with Crippen LogP contribution in [0.15, 0.2) is 170 Å². The molecule has 0 N–H and O–H groups in total. The molecule has 0 saturated carbocycles. The van der Waals surface area contributed by atoms with E-state index in [0.29, 0.717) is 5.92 Å². The molecule has 0 bridgehead atoms. The number of rotatable bonds is 22. The Morgan fingerprint density at radius 2 is 0.630 bits per heavy atom. The first kappa shape index (κ1) is 38.6. The monoisotopic (exact) mass is 712 g/mol. The van der Waals surface area contributed by atoms with Crippen molar-refractivity contribution in [3.8, 4) is 0 Å². The van der Waals surface area contributed by atoms with E-state index >= 15 is 0 Å². The Hall–Kier alpha value is -5.08. The van der Waals surface area contributed by atoms with Gasteiger partial charge in [-0.05, 0) is 64.1 Å². The molecule has 0 aliphatic heterocycles. The van der Waals surface area contributed by atoms with Gasteiger partial charge < -0.3 is 9.80 Å². The minimum atomic E-state index is 0.367. The second-order valence-electron chi connectivity index (χ2n) is 15.0. The minimum Gasteiger partial charge on any atom is -0.363 e. The molecule has 6 aromatic rings. The lowest BCUT2D eigenvalue weighted by Gasteiger charge is -2.27. The van der Waals surface area contributed by atoms with Gasteiger partial charge in [-0.1, -0.05) is 210 Å². The highest BCUT2D eigenvalue weighted by atomic mass is 15.1. The van der Waals surface area contributed by atoms with Crippen molar-refractivity contribution in [1.29, 1.82) is 0 Å². The molecule has 0 saturated heterocycles. The minimum absolute atomic E-state index is 0.367. The first-order valence-electron chi connectivity index (χ1n) is 20.6. The van der Waals surface area contributed by atoms with E-state index in [2.05, 4.69) is 187 Å². The third kappa shape index (κ3) is 12.2. The van der Waals surface area contributed by atoms with Crippen LogP contribution in [0.5, 0.6) is 0 Å². The molecule has 0 aliphatic rings. The lowest BCUT2D eigenvalue weighted by molar-refractivity contribution is 0.545. The molecular weight excluding hydrogens is 653 g/mol. The van der Waals surface area contributed by atoms with Crippen molar-refractivity contribution in [1.82, 2.24) is 0 Å². The SMILES string of the molecule is CCCCCCCCCCCC(c1ccc(N(Cc2ccccc2)Cc2ccccc2)cc1)c1ccc(N(Cc2ccccc2)Cc2ccccc2)cc1. The lowest BCUT2D eigenvalue weighted by atomic mass is 9.86. The van der Waals surface area contributed by atoms with Crippen molar-refractivity contribution >= 4 is 11.4 Å². The van der Waals surface area contributed by atoms with Gasteiger partial charge in [-0.25, -0.2) is 0 Å². The normalized spacial score (nSPS) is 11.1. The maximum Gasteiger partial charge on any atom is 0.0433 e. The van der Waals surface area contributed by atoms with E-state index in [1.54, 1.807) is 0 Å². The van der Waals surface area contributed by atoms with Gasteiger partial charge in [0.1, 0.15) is 0 Å². The molecule has 0 aliphatic carbocycles. The van der Waals surface area contributed by atoms with Gasteiger partial charge >= 0.3 is 0 Å². The van der Waals surface area contributed by atoms with Gasteiger partial charge in [-0.3, -0.25) is 0 Å². The van der Waals surface area contributed by atoms with E-state index < -0.39 is 0 Å². The van der Waals surface area contributed by atoms with Crippen molar-refractivity contribution in [3.05, 3.63) is 203 Å². The highest BCUT2D eigenvalue weighted by molar-refractivity contribution is 5.53. The topological polar surface area (TPSA) is 6.48 Å². The maximum atomic E-state index is 2.51. The van der Waals surface area contributed by atoms with Crippen LogP contribution in [-0.2, 0) is 26.2 Å². The molecule has 2 heteroatoms. The standard InChI is InChI=1S/C52H60N2/c1-2-3-4-5-6-7-8-9-22-31-52(48-32-36-50(37-33-48)53(40-44-23-14-10-15-24-44)41-45-25-16-11-17-26-45)49-34-38-51(39-35-49)54(42-46-27-18-12-19-28-46)43-47-29-20-13-21-30-47/h10-21,23-30,32-39,52H,2-9,22,31,40-43H2,1H3. The number of unbranched alkanes of at least 4 members (excludes halogenated alkanes) is 8. The smallest absolute Gasteiger partial charge is 0.0433 e. The first-order chi connectivity index (χ1) is 26.7. The van der Waals surface area contributed by atoms with Crippen molar-refractivity contribution in [2.45, 2.75) is 103 Å². The maximum absolute atomic E-state index is 2.51. The molecule has 0 radical (unpaired) electrons. The van der Waals surface area contributed by atoms with Crippen LogP contribution in [-0.4, -0.2) is 0 Å². The quantitative estimate of drug-likeness (QED) is 0.0647. The number of nitrogens with zero attached hydrogens (tertiary/aromatic N) is 2. The summed E-state index contributed by atoms with van der Waals surface area (Å²) in [6.45, 7) is 5.80. The van der Waals surface area contributed by atoms with Crippen LogP contribution in [0.2, 0.25) is 0 Å². The molecule has 0 aromatic heterocycles. The molecule has 6 rings (SSSR count). The van der Waals surface area contributed by atoms with Gasteiger partial charge in [0.15, 0.2) is 0 Å². The Morgan fingerprint density at radius 3 is 0.944 bits per heavy atom. The number of anilines is 2. The molecule has 0 heterocycles. The van der Waals surface area contributed by atoms with Gasteiger partial charge in [-0.15, -0.1) is 0 Å². The van der Waals surface area contributed by atoms with E-state index in [-0.39, 0.29) is 0 Å². The molecule has 2 nitrogen and oxygen atoms in total. The Labute approximate surface area is 326 Å². The zero-order valence-electron chi connectivity index (χ0n) is 32.5. The molecule has 0 atom stereocenters. The average Bonchev–Trinajstić information content (AvgIpc) is 3.23. The Morgan fingerprint density at radius 1 is 0.333 bits per heavy atom. The van der Waals surface area contributed by atoms with Gasteiger partial charge in [0.25, 0.3) is 0 Å². The Balaban J connectivity index is 1.21. The summed E-state index contributed by atoms with van der Waals surface area (Å²) in [5.41, 5.74) is 10.7. The van der Waals surface area contributed by atoms with E-state index in [1.165, 1.54) is 109 Å². The van der Waals surface area contributed by atoms with Crippen molar-refractivity contribution in [3.63, 3.8) is 0 Å². The van der Waals surface area contributed by atoms with Crippen LogP contribution >= 0.6 is 0 Å². The summed E-state index contributed by atoms with van der Waals surface area (Å²) in [5.74, 6) is 0.367. The molecule has 54 heavy (non-hydrogen) atoms. The van der Waals surface area contributed by atoms with Crippen LogP contribution < -0.4 is 9.80 Å². The summed E-state index contributed by atoms with van der Waals surface area (Å²) in [7, 11) is 0. The van der Waals surface area contributed by atoms with Crippen molar-refractivity contribution < 1.29 is 0 Å². The summed E-state index contributed by atoms with van der Waals surface area (Å²) in [5, 5.41) is 0. The predicted octanol–water partition coefficient (Wildman–Crippen LogP) is 14.2. The summed E-state index contributed by atoms with van der Waals surface area (Å²) in [6, 6.07) is 62.5. The predicted molar refractivity (Wildman–Crippen MR) is 232 cm³/mol. The summed E-state index contributed by atoms with van der Waals surface area (Å²) in [6.07, 6.45) is 13.3. The molecule has 0 fully saturated rings. The van der Waals surface area contributed by atoms with Gasteiger partial charge in [-0.2, -0.15) is 0 Å². The molecule has 0 amide bonds. The van der Waals surface area contributed by atoms with Gasteiger partial charge in [0.2, 0.25) is 0 Å². The van der Waals surface area contributed by atoms with Crippen LogP contribution in [0.1, 0.15) is 110 Å². The van der Waals surface area contributed by atoms with Crippen molar-refractivity contribution in [2.24, 2.45) is 0 Å². The number of benzene rings is 6. The zero-order valence-corrected chi connectivity index (χ0v) is 32.5. The van der Waals surface area contributed by atoms with Crippen molar-refractivity contribution in [2.75, 3.05) is 9.80 Å².